The van der Waals surface area contributed by atoms with Gasteiger partial charge in [0.25, 0.3) is 0 Å². The number of hydrogen-bond donors (Lipinski definition) is 2. The van der Waals surface area contributed by atoms with Crippen LogP contribution in [0.15, 0.2) is 23.1 Å². The molecule has 1 fully saturated rings. The Bertz CT molecular complexity index is 671. The first-order valence-electron chi connectivity index (χ1n) is 8.86. The number of alkyl halides is 1. The van der Waals surface area contributed by atoms with Crippen LogP contribution in [-0.4, -0.2) is 50.4 Å². The van der Waals surface area contributed by atoms with Crippen molar-refractivity contribution >= 4 is 32.8 Å². The molecule has 7 heteroatoms. The third-order valence-corrected chi connectivity index (χ3v) is 7.31. The van der Waals surface area contributed by atoms with Gasteiger partial charge < -0.3 is 15.3 Å². The van der Waals surface area contributed by atoms with E-state index in [0.717, 1.165) is 37.5 Å². The monoisotopic (exact) mass is 388 g/mol. The quantitative estimate of drug-likeness (QED) is 0.702. The average molecular weight is 389 g/mol. The lowest BCUT2D eigenvalue weighted by Crippen LogP contribution is -2.33. The first-order chi connectivity index (χ1) is 11.8. The summed E-state index contributed by atoms with van der Waals surface area (Å²) in [5, 5.41) is 12.3. The van der Waals surface area contributed by atoms with E-state index in [2.05, 4.69) is 17.1 Å². The summed E-state index contributed by atoms with van der Waals surface area (Å²) < 4.78 is 25.3. The third kappa shape index (κ3) is 5.02. The number of rotatable bonds is 7. The van der Waals surface area contributed by atoms with Crippen LogP contribution < -0.4 is 10.2 Å². The van der Waals surface area contributed by atoms with Gasteiger partial charge in [-0.25, -0.2) is 8.42 Å². The average Bonchev–Trinajstić information content (AvgIpc) is 2.59. The molecule has 1 unspecified atom stereocenters. The Labute approximate surface area is 156 Å². The van der Waals surface area contributed by atoms with Crippen molar-refractivity contribution in [1.82, 2.24) is 0 Å². The van der Waals surface area contributed by atoms with Gasteiger partial charge in [0.2, 0.25) is 0 Å². The van der Waals surface area contributed by atoms with Gasteiger partial charge in [-0.15, -0.1) is 11.6 Å². The van der Waals surface area contributed by atoms with Crippen molar-refractivity contribution in [2.75, 3.05) is 35.7 Å². The van der Waals surface area contributed by atoms with Gasteiger partial charge in [0.15, 0.2) is 9.84 Å². The molecule has 142 valence electrons. The molecule has 1 aromatic carbocycles. The van der Waals surface area contributed by atoms with Crippen molar-refractivity contribution in [3.8, 4) is 0 Å². The number of hydrogen-bond acceptors (Lipinski definition) is 5. The standard InChI is InChI=1S/C18H29ClN2O3S/c1-13(2)25(23,24)18-5-4-15(21-8-6-14(3)7-9-21)10-17(18)20-12-16(22)11-19/h4-5,10,13-14,16,20,22H,6-9,11-12H2,1-3H3. The van der Waals surface area contributed by atoms with Crippen molar-refractivity contribution in [3.63, 3.8) is 0 Å². The van der Waals surface area contributed by atoms with Crippen molar-refractivity contribution in [2.45, 2.75) is 49.9 Å². The molecule has 0 saturated carbocycles. The Morgan fingerprint density at radius 1 is 1.32 bits per heavy atom. The predicted octanol–water partition coefficient (Wildman–Crippen LogP) is 3.12. The Morgan fingerprint density at radius 2 is 1.96 bits per heavy atom. The zero-order valence-corrected chi connectivity index (χ0v) is 16.8. The normalized spacial score (nSPS) is 17.8. The summed E-state index contributed by atoms with van der Waals surface area (Å²) in [6.07, 6.45) is 1.55. The molecule has 2 rings (SSSR count). The van der Waals surface area contributed by atoms with Crippen LogP contribution in [0.2, 0.25) is 0 Å². The Morgan fingerprint density at radius 3 is 2.52 bits per heavy atom. The molecule has 1 aromatic rings. The molecule has 1 aliphatic rings. The number of nitrogens with zero attached hydrogens (tertiary/aromatic N) is 1. The first kappa shape index (κ1) is 20.3. The highest BCUT2D eigenvalue weighted by molar-refractivity contribution is 7.92. The second kappa shape index (κ2) is 8.60. The number of aliphatic hydroxyl groups excluding tert-OH is 1. The maximum atomic E-state index is 12.7. The van der Waals surface area contributed by atoms with Gasteiger partial charge in [-0.3, -0.25) is 0 Å². The van der Waals surface area contributed by atoms with E-state index in [4.69, 9.17) is 11.6 Å². The minimum atomic E-state index is -3.41. The number of sulfone groups is 1. The number of nitrogens with one attached hydrogen (secondary N) is 1. The van der Waals surface area contributed by atoms with Crippen LogP contribution in [0.4, 0.5) is 11.4 Å². The van der Waals surface area contributed by atoms with Gasteiger partial charge in [0.05, 0.1) is 27.8 Å². The van der Waals surface area contributed by atoms with Gasteiger partial charge in [-0.1, -0.05) is 6.92 Å². The minimum Gasteiger partial charge on any atom is -0.390 e. The topological polar surface area (TPSA) is 69.6 Å². The van der Waals surface area contributed by atoms with E-state index in [1.807, 2.05) is 12.1 Å². The fraction of sp³-hybridized carbons (Fsp3) is 0.667. The van der Waals surface area contributed by atoms with Gasteiger partial charge in [0.1, 0.15) is 0 Å². The second-order valence-electron chi connectivity index (χ2n) is 7.13. The van der Waals surface area contributed by atoms with Crippen molar-refractivity contribution < 1.29 is 13.5 Å². The zero-order valence-electron chi connectivity index (χ0n) is 15.2. The van der Waals surface area contributed by atoms with Crippen LogP contribution in [0.1, 0.15) is 33.6 Å². The molecule has 1 aliphatic heterocycles. The first-order valence-corrected chi connectivity index (χ1v) is 10.9. The fourth-order valence-electron chi connectivity index (χ4n) is 2.90. The summed E-state index contributed by atoms with van der Waals surface area (Å²) in [5.41, 5.74) is 1.55. The van der Waals surface area contributed by atoms with E-state index in [1.165, 1.54) is 0 Å². The fourth-order valence-corrected chi connectivity index (χ4v) is 4.22. The van der Waals surface area contributed by atoms with Gasteiger partial charge in [-0.05, 0) is 50.8 Å². The molecule has 0 bridgehead atoms. The number of benzene rings is 1. The van der Waals surface area contributed by atoms with E-state index in [-0.39, 0.29) is 17.3 Å². The maximum absolute atomic E-state index is 12.7. The molecule has 0 aromatic heterocycles. The highest BCUT2D eigenvalue weighted by Crippen LogP contribution is 2.31. The summed E-state index contributed by atoms with van der Waals surface area (Å²) in [6, 6.07) is 5.44. The van der Waals surface area contributed by atoms with Gasteiger partial charge in [0, 0.05) is 25.3 Å². The van der Waals surface area contributed by atoms with E-state index in [1.54, 1.807) is 19.9 Å². The number of anilines is 2. The lowest BCUT2D eigenvalue weighted by atomic mass is 9.99. The summed E-state index contributed by atoms with van der Waals surface area (Å²) in [7, 11) is -3.41. The number of halogens is 1. The van der Waals surface area contributed by atoms with Crippen molar-refractivity contribution in [1.29, 1.82) is 0 Å². The van der Waals surface area contributed by atoms with E-state index < -0.39 is 21.2 Å². The Hall–Kier alpha value is -0.980. The molecule has 0 radical (unpaired) electrons. The Kier molecular flexibility index (Phi) is 7.00. The maximum Gasteiger partial charge on any atom is 0.182 e. The number of aliphatic hydroxyl groups is 1. The molecular formula is C18H29ClN2O3S. The molecule has 25 heavy (non-hydrogen) atoms. The largest absolute Gasteiger partial charge is 0.390 e. The summed E-state index contributed by atoms with van der Waals surface area (Å²) >= 11 is 5.65. The van der Waals surface area contributed by atoms with E-state index in [9.17, 15) is 13.5 Å². The van der Waals surface area contributed by atoms with Crippen LogP contribution in [-0.2, 0) is 9.84 Å². The van der Waals surface area contributed by atoms with Crippen LogP contribution in [0.25, 0.3) is 0 Å². The summed E-state index contributed by atoms with van der Waals surface area (Å²) in [6.45, 7) is 7.77. The van der Waals surface area contributed by atoms with E-state index in [0.29, 0.717) is 5.69 Å². The smallest absolute Gasteiger partial charge is 0.182 e. The number of piperidine rings is 1. The molecule has 1 atom stereocenters. The Balaban J connectivity index is 2.33. The molecule has 0 spiro atoms. The van der Waals surface area contributed by atoms with Crippen LogP contribution in [0, 0.1) is 5.92 Å². The van der Waals surface area contributed by atoms with Crippen molar-refractivity contribution in [3.05, 3.63) is 18.2 Å². The van der Waals surface area contributed by atoms with E-state index >= 15 is 0 Å². The van der Waals surface area contributed by atoms with Crippen LogP contribution in [0.5, 0.6) is 0 Å². The lowest BCUT2D eigenvalue weighted by molar-refractivity contribution is 0.211. The molecule has 5 nitrogen and oxygen atoms in total. The predicted molar refractivity (Wildman–Crippen MR) is 105 cm³/mol. The van der Waals surface area contributed by atoms with Gasteiger partial charge >= 0.3 is 0 Å². The SMILES string of the molecule is CC1CCN(c2ccc(S(=O)(=O)C(C)C)c(NCC(O)CCl)c2)CC1. The van der Waals surface area contributed by atoms with Gasteiger partial charge in [-0.2, -0.15) is 0 Å². The lowest BCUT2D eigenvalue weighted by Gasteiger charge is -2.32. The summed E-state index contributed by atoms with van der Waals surface area (Å²) in [4.78, 5) is 2.56. The second-order valence-corrected chi connectivity index (χ2v) is 9.91. The molecule has 0 amide bonds. The highest BCUT2D eigenvalue weighted by Gasteiger charge is 2.24. The molecule has 2 N–H and O–H groups in total. The molecular weight excluding hydrogens is 360 g/mol. The summed E-state index contributed by atoms with van der Waals surface area (Å²) in [5.74, 6) is 0.830. The highest BCUT2D eigenvalue weighted by atomic mass is 35.5. The minimum absolute atomic E-state index is 0.100. The van der Waals surface area contributed by atoms with Crippen molar-refractivity contribution in [2.24, 2.45) is 5.92 Å². The molecule has 1 saturated heterocycles. The van der Waals surface area contributed by atoms with Crippen LogP contribution >= 0.6 is 11.6 Å². The third-order valence-electron chi connectivity index (χ3n) is 4.75. The van der Waals surface area contributed by atoms with Crippen LogP contribution in [0.3, 0.4) is 0 Å². The molecule has 0 aliphatic carbocycles. The zero-order chi connectivity index (χ0) is 18.6. The molecule has 1 heterocycles.